The lowest BCUT2D eigenvalue weighted by Crippen LogP contribution is -2.18. The summed E-state index contributed by atoms with van der Waals surface area (Å²) in [4.78, 5) is 17.3. The smallest absolute Gasteiger partial charge is 0.267 e. The molecule has 5 heteroatoms. The molecule has 0 aliphatic heterocycles. The molecule has 0 radical (unpaired) electrons. The molecule has 104 valence electrons. The van der Waals surface area contributed by atoms with Gasteiger partial charge in [0.1, 0.15) is 5.69 Å². The SMILES string of the molecule is Cc1cc(C)cc(N(C)c2nc(C(N)=O)ccc2N)c1. The lowest BCUT2D eigenvalue weighted by atomic mass is 10.1. The van der Waals surface area contributed by atoms with Crippen molar-refractivity contribution >= 4 is 23.1 Å². The Balaban J connectivity index is 2.49. The van der Waals surface area contributed by atoms with Crippen molar-refractivity contribution in [2.75, 3.05) is 17.7 Å². The van der Waals surface area contributed by atoms with Gasteiger partial charge in [0.25, 0.3) is 5.91 Å². The van der Waals surface area contributed by atoms with E-state index in [-0.39, 0.29) is 5.69 Å². The van der Waals surface area contributed by atoms with E-state index in [4.69, 9.17) is 11.5 Å². The minimum atomic E-state index is -0.569. The van der Waals surface area contributed by atoms with Gasteiger partial charge in [0.15, 0.2) is 5.82 Å². The lowest BCUT2D eigenvalue weighted by molar-refractivity contribution is 0.0995. The van der Waals surface area contributed by atoms with Crippen molar-refractivity contribution in [3.63, 3.8) is 0 Å². The number of primary amides is 1. The molecule has 1 aromatic carbocycles. The molecule has 0 saturated heterocycles. The Bertz CT molecular complexity index is 647. The van der Waals surface area contributed by atoms with Crippen molar-refractivity contribution < 1.29 is 4.79 Å². The minimum absolute atomic E-state index is 0.199. The molecule has 0 aliphatic rings. The Hall–Kier alpha value is -2.56. The molecule has 1 amide bonds. The second kappa shape index (κ2) is 5.21. The fourth-order valence-electron chi connectivity index (χ4n) is 2.13. The third kappa shape index (κ3) is 2.71. The van der Waals surface area contributed by atoms with Gasteiger partial charge in [0.2, 0.25) is 0 Å². The molecule has 0 aliphatic carbocycles. The van der Waals surface area contributed by atoms with Gasteiger partial charge in [0, 0.05) is 12.7 Å². The zero-order valence-electron chi connectivity index (χ0n) is 11.8. The summed E-state index contributed by atoms with van der Waals surface area (Å²) in [5.74, 6) is -0.0497. The van der Waals surface area contributed by atoms with E-state index < -0.39 is 5.91 Å². The second-order valence-corrected chi connectivity index (χ2v) is 4.88. The van der Waals surface area contributed by atoms with E-state index >= 15 is 0 Å². The van der Waals surface area contributed by atoms with Crippen molar-refractivity contribution in [3.8, 4) is 0 Å². The first-order valence-electron chi connectivity index (χ1n) is 6.27. The average Bonchev–Trinajstić information content (AvgIpc) is 2.37. The van der Waals surface area contributed by atoms with E-state index in [1.165, 1.54) is 6.07 Å². The van der Waals surface area contributed by atoms with Gasteiger partial charge in [-0.25, -0.2) is 4.98 Å². The van der Waals surface area contributed by atoms with Crippen molar-refractivity contribution in [1.82, 2.24) is 4.98 Å². The molecule has 2 rings (SSSR count). The minimum Gasteiger partial charge on any atom is -0.396 e. The van der Waals surface area contributed by atoms with Crippen LogP contribution in [0.15, 0.2) is 30.3 Å². The van der Waals surface area contributed by atoms with Crippen LogP contribution in [0.3, 0.4) is 0 Å². The molecule has 5 nitrogen and oxygen atoms in total. The molecule has 20 heavy (non-hydrogen) atoms. The van der Waals surface area contributed by atoms with E-state index in [2.05, 4.69) is 11.1 Å². The Labute approximate surface area is 118 Å². The Morgan fingerprint density at radius 3 is 2.30 bits per heavy atom. The maximum atomic E-state index is 11.2. The highest BCUT2D eigenvalue weighted by atomic mass is 16.1. The van der Waals surface area contributed by atoms with E-state index in [0.717, 1.165) is 16.8 Å². The van der Waals surface area contributed by atoms with Crippen LogP contribution >= 0.6 is 0 Å². The van der Waals surface area contributed by atoms with E-state index in [9.17, 15) is 4.79 Å². The van der Waals surface area contributed by atoms with Gasteiger partial charge in [-0.05, 0) is 49.2 Å². The molecule has 0 spiro atoms. The number of benzene rings is 1. The topological polar surface area (TPSA) is 85.2 Å². The maximum absolute atomic E-state index is 11.2. The highest BCUT2D eigenvalue weighted by Crippen LogP contribution is 2.28. The Kier molecular flexibility index (Phi) is 3.61. The highest BCUT2D eigenvalue weighted by Gasteiger charge is 2.13. The number of carbonyl (C=O) groups excluding carboxylic acids is 1. The normalized spacial score (nSPS) is 10.3. The van der Waals surface area contributed by atoms with Gasteiger partial charge in [0.05, 0.1) is 5.69 Å². The largest absolute Gasteiger partial charge is 0.396 e. The summed E-state index contributed by atoms with van der Waals surface area (Å²) in [7, 11) is 1.86. The third-order valence-corrected chi connectivity index (χ3v) is 3.07. The summed E-state index contributed by atoms with van der Waals surface area (Å²) >= 11 is 0. The molecule has 4 N–H and O–H groups in total. The summed E-state index contributed by atoms with van der Waals surface area (Å²) in [6.07, 6.45) is 0. The van der Waals surface area contributed by atoms with Crippen molar-refractivity contribution in [1.29, 1.82) is 0 Å². The fraction of sp³-hybridized carbons (Fsp3) is 0.200. The van der Waals surface area contributed by atoms with Crippen LogP contribution in [-0.4, -0.2) is 17.9 Å². The molecule has 2 aromatic rings. The number of hydrogen-bond acceptors (Lipinski definition) is 4. The first-order valence-corrected chi connectivity index (χ1v) is 6.27. The fourth-order valence-corrected chi connectivity index (χ4v) is 2.13. The molecular weight excluding hydrogens is 252 g/mol. The number of hydrogen-bond donors (Lipinski definition) is 2. The lowest BCUT2D eigenvalue weighted by Gasteiger charge is -2.21. The first-order chi connectivity index (χ1) is 9.38. The number of pyridine rings is 1. The van der Waals surface area contributed by atoms with Crippen LogP contribution in [0, 0.1) is 13.8 Å². The summed E-state index contributed by atoms with van der Waals surface area (Å²) in [5.41, 5.74) is 15.2. The number of amides is 1. The predicted octanol–water partition coefficient (Wildman–Crippen LogP) is 2.15. The Morgan fingerprint density at radius 1 is 1.15 bits per heavy atom. The highest BCUT2D eigenvalue weighted by molar-refractivity contribution is 5.92. The quantitative estimate of drug-likeness (QED) is 0.894. The van der Waals surface area contributed by atoms with Crippen LogP contribution in [0.4, 0.5) is 17.2 Å². The van der Waals surface area contributed by atoms with Crippen LogP contribution in [0.25, 0.3) is 0 Å². The van der Waals surface area contributed by atoms with Crippen molar-refractivity contribution in [2.45, 2.75) is 13.8 Å². The maximum Gasteiger partial charge on any atom is 0.267 e. The van der Waals surface area contributed by atoms with Gasteiger partial charge in [-0.1, -0.05) is 6.07 Å². The van der Waals surface area contributed by atoms with Gasteiger partial charge < -0.3 is 16.4 Å². The van der Waals surface area contributed by atoms with E-state index in [1.807, 2.05) is 37.9 Å². The summed E-state index contributed by atoms with van der Waals surface area (Å²) in [6.45, 7) is 4.06. The number of aryl methyl sites for hydroxylation is 2. The number of nitrogen functional groups attached to an aromatic ring is 1. The standard InChI is InChI=1S/C15H18N4O/c1-9-6-10(2)8-11(7-9)19(3)15-12(16)4-5-13(18-15)14(17)20/h4-8H,16H2,1-3H3,(H2,17,20). The monoisotopic (exact) mass is 270 g/mol. The number of rotatable bonds is 3. The van der Waals surface area contributed by atoms with Crippen LogP contribution in [0.1, 0.15) is 21.6 Å². The molecule has 1 aromatic heterocycles. The van der Waals surface area contributed by atoms with Crippen LogP contribution in [0.5, 0.6) is 0 Å². The average molecular weight is 270 g/mol. The van der Waals surface area contributed by atoms with E-state index in [1.54, 1.807) is 6.07 Å². The van der Waals surface area contributed by atoms with Gasteiger partial charge in [-0.3, -0.25) is 4.79 Å². The van der Waals surface area contributed by atoms with E-state index in [0.29, 0.717) is 11.5 Å². The molecule has 0 bridgehead atoms. The van der Waals surface area contributed by atoms with Crippen LogP contribution in [0.2, 0.25) is 0 Å². The third-order valence-electron chi connectivity index (χ3n) is 3.07. The number of carbonyl (C=O) groups is 1. The zero-order chi connectivity index (χ0) is 14.9. The molecule has 0 atom stereocenters. The summed E-state index contributed by atoms with van der Waals surface area (Å²) < 4.78 is 0. The van der Waals surface area contributed by atoms with Gasteiger partial charge in [-0.2, -0.15) is 0 Å². The Morgan fingerprint density at radius 2 is 1.75 bits per heavy atom. The molecular formula is C15H18N4O. The molecule has 0 saturated carbocycles. The molecule has 1 heterocycles. The van der Waals surface area contributed by atoms with Gasteiger partial charge >= 0.3 is 0 Å². The number of anilines is 3. The van der Waals surface area contributed by atoms with Crippen molar-refractivity contribution in [3.05, 3.63) is 47.2 Å². The second-order valence-electron chi connectivity index (χ2n) is 4.88. The number of nitrogens with two attached hydrogens (primary N) is 2. The zero-order valence-corrected chi connectivity index (χ0v) is 11.8. The summed E-state index contributed by atoms with van der Waals surface area (Å²) in [5, 5.41) is 0. The van der Waals surface area contributed by atoms with Crippen molar-refractivity contribution in [2.24, 2.45) is 5.73 Å². The van der Waals surface area contributed by atoms with Gasteiger partial charge in [-0.15, -0.1) is 0 Å². The number of nitrogens with zero attached hydrogens (tertiary/aromatic N) is 2. The predicted molar refractivity (Wildman–Crippen MR) is 81.1 cm³/mol. The summed E-state index contributed by atoms with van der Waals surface area (Å²) in [6, 6.07) is 9.32. The molecule has 0 unspecified atom stereocenters. The molecule has 0 fully saturated rings. The number of aromatic nitrogens is 1. The van der Waals surface area contributed by atoms with Crippen LogP contribution in [-0.2, 0) is 0 Å². The first kappa shape index (κ1) is 13.9. The van der Waals surface area contributed by atoms with Crippen LogP contribution < -0.4 is 16.4 Å².